The Morgan fingerprint density at radius 1 is 0.724 bits per heavy atom. The number of fused-ring (bicyclic) bond motifs is 16. The number of nitrogens with one attached hydrogen (secondary N) is 2. The standard InChI is InChI=1S/C49H45N13O8S6/c1-21-35(64)15-62-40(21)48-60-33(20-75-48)46-57-29(16-73-46)39-25(7-8-26(54-39)45-58-30(17-74-45)41(52)66)44-59-32(19-72-44)43(68)55-27(14-36(51)65)47-61-38(22(2)76-47)34(63)9-10-37-53-31(18-71-37)42(67)56-28(49(62)69)13-23-3-5-24(6-4-23)70-12-11-50/h3-8,16-21,27-28,35,40,64H,9-15,50H2,1-2H3,(H2,51,65)(H2,52,66)(H,55,68)(H,56,67)/t21-,27-,28-,35-,40-/m0/s1. The van der Waals surface area contributed by atoms with Crippen LogP contribution in [0.1, 0.15) is 99.3 Å². The molecule has 1 saturated heterocycles. The number of hydrogen-bond donors (Lipinski definition) is 6. The summed E-state index contributed by atoms with van der Waals surface area (Å²) in [6, 6.07) is 7.83. The third-order valence-electron chi connectivity index (χ3n) is 12.5. The highest BCUT2D eigenvalue weighted by Crippen LogP contribution is 2.42. The molecule has 0 radical (unpaired) electrons. The van der Waals surface area contributed by atoms with Gasteiger partial charge in [0.2, 0.25) is 11.8 Å². The van der Waals surface area contributed by atoms with Crippen LogP contribution in [-0.2, 0) is 22.4 Å². The summed E-state index contributed by atoms with van der Waals surface area (Å²) in [5, 5.41) is 28.2. The van der Waals surface area contributed by atoms with Crippen LogP contribution in [-0.4, -0.2) is 112 Å². The van der Waals surface area contributed by atoms with Gasteiger partial charge in [0.05, 0.1) is 35.3 Å². The van der Waals surface area contributed by atoms with Crippen molar-refractivity contribution in [3.63, 3.8) is 0 Å². The minimum absolute atomic E-state index is 0.0212. The molecule has 0 unspecified atom stereocenters. The number of nitrogens with zero attached hydrogens (tertiary/aromatic N) is 8. The number of thiazole rings is 6. The number of primary amides is 2. The number of pyridine rings is 1. The second-order valence-electron chi connectivity index (χ2n) is 17.7. The first kappa shape index (κ1) is 52.3. The van der Waals surface area contributed by atoms with Crippen molar-refractivity contribution in [2.45, 2.75) is 63.8 Å². The van der Waals surface area contributed by atoms with Gasteiger partial charge in [-0.25, -0.2) is 34.9 Å². The minimum atomic E-state index is -1.12. The lowest BCUT2D eigenvalue weighted by molar-refractivity contribution is -0.134. The smallest absolute Gasteiger partial charge is 0.271 e. The Kier molecular flexibility index (Phi) is 15.3. The van der Waals surface area contributed by atoms with Gasteiger partial charge in [-0.05, 0) is 36.8 Å². The van der Waals surface area contributed by atoms with E-state index in [1.54, 1.807) is 69.7 Å². The maximum absolute atomic E-state index is 15.0. The normalized spacial score (nSPS) is 19.2. The van der Waals surface area contributed by atoms with E-state index in [9.17, 15) is 33.9 Å². The van der Waals surface area contributed by atoms with Gasteiger partial charge in [-0.1, -0.05) is 19.1 Å². The molecule has 5 atom stereocenters. The number of nitrogens with two attached hydrogens (primary N) is 3. The molecule has 7 aromatic heterocycles. The molecule has 0 saturated carbocycles. The van der Waals surface area contributed by atoms with Crippen LogP contribution in [0, 0.1) is 12.8 Å². The van der Waals surface area contributed by atoms with Gasteiger partial charge in [0, 0.05) is 75.6 Å². The van der Waals surface area contributed by atoms with Gasteiger partial charge in [0.25, 0.3) is 17.7 Å². The summed E-state index contributed by atoms with van der Waals surface area (Å²) in [5.41, 5.74) is 20.1. The molecule has 0 spiro atoms. The number of carbonyl (C=O) groups excluding carboxylic acids is 6. The highest BCUT2D eigenvalue weighted by molar-refractivity contribution is 7.15. The zero-order chi connectivity index (χ0) is 53.4. The number of amides is 5. The Morgan fingerprint density at radius 2 is 1.41 bits per heavy atom. The lowest BCUT2D eigenvalue weighted by atomic mass is 10.00. The number of carbonyl (C=O) groups is 6. The van der Waals surface area contributed by atoms with E-state index in [-0.39, 0.29) is 60.8 Å². The van der Waals surface area contributed by atoms with Crippen molar-refractivity contribution >= 4 is 103 Å². The van der Waals surface area contributed by atoms with Crippen LogP contribution in [0.25, 0.3) is 43.4 Å². The Hall–Kier alpha value is -7.11. The maximum atomic E-state index is 15.0. The van der Waals surface area contributed by atoms with E-state index in [0.29, 0.717) is 82.2 Å². The molecule has 10 bridgehead atoms. The summed E-state index contributed by atoms with van der Waals surface area (Å²) in [6.45, 7) is 4.19. The molecule has 2 aliphatic rings. The first-order chi connectivity index (χ1) is 36.6. The highest BCUT2D eigenvalue weighted by Gasteiger charge is 2.45. The number of aromatic nitrogens is 7. The highest BCUT2D eigenvalue weighted by atomic mass is 32.1. The Morgan fingerprint density at radius 3 is 2.16 bits per heavy atom. The number of rotatable bonds is 9. The van der Waals surface area contributed by atoms with Crippen LogP contribution < -0.4 is 32.6 Å². The number of ketones is 1. The number of aliphatic hydroxyl groups excluding tert-OH is 1. The largest absolute Gasteiger partial charge is 0.492 e. The number of Topliss-reactive ketones (excluding diaryl/α,β-unsaturated/α-hetero) is 1. The summed E-state index contributed by atoms with van der Waals surface area (Å²) in [7, 11) is 0. The molecule has 5 amide bonds. The first-order valence-electron chi connectivity index (χ1n) is 23.5. The van der Waals surface area contributed by atoms with E-state index in [4.69, 9.17) is 41.9 Å². The lowest BCUT2D eigenvalue weighted by Crippen LogP contribution is -2.50. The molecule has 1 aromatic carbocycles. The number of ether oxygens (including phenoxy) is 1. The molecule has 27 heteroatoms. The summed E-state index contributed by atoms with van der Waals surface area (Å²) in [5.74, 6) is -3.26. The molecule has 0 aliphatic carbocycles. The Bertz CT molecular complexity index is 3530. The van der Waals surface area contributed by atoms with Crippen LogP contribution in [0.15, 0.2) is 63.3 Å². The lowest BCUT2D eigenvalue weighted by Gasteiger charge is -2.29. The fraction of sp³-hybridized carbons (Fsp3) is 0.286. The second-order valence-corrected chi connectivity index (χ2v) is 23.4. The topological polar surface area (TPSA) is 327 Å². The molecule has 1 fully saturated rings. The van der Waals surface area contributed by atoms with Gasteiger partial charge in [-0.3, -0.25) is 28.8 Å². The molecule has 9 heterocycles. The first-order valence-corrected chi connectivity index (χ1v) is 28.7. The predicted octanol–water partition coefficient (Wildman–Crippen LogP) is 5.63. The molecule has 9 N–H and O–H groups in total. The fourth-order valence-electron chi connectivity index (χ4n) is 8.63. The van der Waals surface area contributed by atoms with Crippen molar-refractivity contribution in [2.24, 2.45) is 23.1 Å². The van der Waals surface area contributed by atoms with Gasteiger partial charge >= 0.3 is 0 Å². The van der Waals surface area contributed by atoms with E-state index in [1.807, 2.05) is 12.3 Å². The number of aliphatic hydroxyl groups is 1. The van der Waals surface area contributed by atoms with Crippen molar-refractivity contribution in [2.75, 3.05) is 19.7 Å². The van der Waals surface area contributed by atoms with Gasteiger partial charge in [0.1, 0.15) is 83.3 Å². The van der Waals surface area contributed by atoms with Crippen molar-refractivity contribution in [3.05, 3.63) is 112 Å². The van der Waals surface area contributed by atoms with E-state index in [0.717, 1.165) is 16.9 Å². The third kappa shape index (κ3) is 11.1. The fourth-order valence-corrected chi connectivity index (χ4v) is 13.9. The van der Waals surface area contributed by atoms with Crippen molar-refractivity contribution in [1.29, 1.82) is 0 Å². The van der Waals surface area contributed by atoms with Crippen molar-refractivity contribution in [1.82, 2.24) is 50.4 Å². The minimum Gasteiger partial charge on any atom is -0.492 e. The van der Waals surface area contributed by atoms with Gasteiger partial charge in [0.15, 0.2) is 5.78 Å². The van der Waals surface area contributed by atoms with Crippen LogP contribution in [0.4, 0.5) is 0 Å². The van der Waals surface area contributed by atoms with Gasteiger partial charge in [-0.15, -0.1) is 68.0 Å². The van der Waals surface area contributed by atoms with Gasteiger partial charge < -0.3 is 42.6 Å². The average Bonchev–Trinajstić information content (AvgIpc) is 4.27. The summed E-state index contributed by atoms with van der Waals surface area (Å²) in [4.78, 5) is 117. The van der Waals surface area contributed by atoms with E-state index in [1.165, 1.54) is 56.7 Å². The zero-order valence-corrected chi connectivity index (χ0v) is 45.2. The van der Waals surface area contributed by atoms with Crippen molar-refractivity contribution in [3.8, 4) is 49.1 Å². The molecule has 2 aliphatic heterocycles. The second kappa shape index (κ2) is 22.2. The van der Waals surface area contributed by atoms with E-state index < -0.39 is 59.7 Å². The third-order valence-corrected chi connectivity index (χ3v) is 18.0. The van der Waals surface area contributed by atoms with E-state index in [2.05, 4.69) is 25.6 Å². The van der Waals surface area contributed by atoms with Crippen molar-refractivity contribution < 1.29 is 38.6 Å². The zero-order valence-electron chi connectivity index (χ0n) is 40.3. The maximum Gasteiger partial charge on any atom is 0.271 e. The van der Waals surface area contributed by atoms with E-state index >= 15 is 0 Å². The molecular weight excluding hydrogens is 1090 g/mol. The predicted molar refractivity (Wildman–Crippen MR) is 288 cm³/mol. The van der Waals surface area contributed by atoms with Crippen LogP contribution in [0.3, 0.4) is 0 Å². The number of benzene rings is 1. The molecule has 10 rings (SSSR count). The Balaban J connectivity index is 1.04. The molecular formula is C49H45N13O8S6. The monoisotopic (exact) mass is 1140 g/mol. The quantitative estimate of drug-likeness (QED) is 0.102. The summed E-state index contributed by atoms with van der Waals surface area (Å²) >= 11 is 7.30. The van der Waals surface area contributed by atoms with Gasteiger partial charge in [-0.2, -0.15) is 0 Å². The number of aryl methyl sites for hydroxylation is 2. The molecule has 76 heavy (non-hydrogen) atoms. The van der Waals surface area contributed by atoms with Crippen LogP contribution in [0.5, 0.6) is 5.75 Å². The summed E-state index contributed by atoms with van der Waals surface area (Å²) in [6.07, 6.45) is -0.997. The molecule has 390 valence electrons. The average molecular weight is 1140 g/mol. The SMILES string of the molecule is Cc1sc2nc1C(=O)CCc1nc(cs1)C(=O)N[C@@H](Cc1ccc(OCCN)cc1)C(=O)N1C[C@H](O)[C@H](C)[C@H]1c1nc(cs1)-c1nc(cs1)-c1nc(-c3nc(C(N)=O)cs3)ccc1-c1nc(cs1)C(=O)N[C@H]2CC(N)=O. The number of hydrogen-bond acceptors (Lipinski definition) is 22. The molecule has 21 nitrogen and oxygen atoms in total. The summed E-state index contributed by atoms with van der Waals surface area (Å²) < 4.78 is 5.67. The Labute approximate surface area is 456 Å². The molecule has 8 aromatic rings. The van der Waals surface area contributed by atoms with Crippen LogP contribution >= 0.6 is 68.0 Å². The van der Waals surface area contributed by atoms with Crippen LogP contribution in [0.2, 0.25) is 0 Å².